The Morgan fingerprint density at radius 3 is 2.76 bits per heavy atom. The van der Waals surface area contributed by atoms with Crippen LogP contribution in [-0.2, 0) is 0 Å². The average molecular weight is 302 g/mol. The highest BCUT2D eigenvalue weighted by Gasteiger charge is 2.15. The maximum absolute atomic E-state index is 12.0. The van der Waals surface area contributed by atoms with Crippen LogP contribution in [0.25, 0.3) is 0 Å². The molecule has 0 aromatic carbocycles. The van der Waals surface area contributed by atoms with E-state index in [0.717, 1.165) is 10.9 Å². The van der Waals surface area contributed by atoms with Gasteiger partial charge in [0.25, 0.3) is 5.91 Å². The molecule has 1 aromatic heterocycles. The van der Waals surface area contributed by atoms with Gasteiger partial charge in [0, 0.05) is 29.3 Å². The Bertz CT molecular complexity index is 387. The van der Waals surface area contributed by atoms with Crippen molar-refractivity contribution < 1.29 is 4.79 Å². The van der Waals surface area contributed by atoms with E-state index in [-0.39, 0.29) is 18.0 Å². The fraction of sp³-hybridized carbons (Fsp3) is 0.583. The summed E-state index contributed by atoms with van der Waals surface area (Å²) < 4.78 is 2.85. The Labute approximate surface area is 111 Å². The Kier molecular flexibility index (Phi) is 5.21. The minimum Gasteiger partial charge on any atom is -0.349 e. The molecule has 0 aliphatic carbocycles. The third-order valence-electron chi connectivity index (χ3n) is 2.65. The molecule has 0 spiro atoms. The number of amides is 1. The first kappa shape index (κ1) is 14.3. The maximum atomic E-state index is 12.0. The lowest BCUT2D eigenvalue weighted by Crippen LogP contribution is -2.37. The van der Waals surface area contributed by atoms with E-state index in [1.165, 1.54) is 0 Å². The van der Waals surface area contributed by atoms with Gasteiger partial charge in [-0.15, -0.1) is 0 Å². The van der Waals surface area contributed by atoms with Crippen LogP contribution in [0.4, 0.5) is 0 Å². The van der Waals surface area contributed by atoms with Crippen LogP contribution in [0.15, 0.2) is 16.7 Å². The van der Waals surface area contributed by atoms with E-state index in [4.69, 9.17) is 5.73 Å². The van der Waals surface area contributed by atoms with Crippen LogP contribution in [0.5, 0.6) is 0 Å². The summed E-state index contributed by atoms with van der Waals surface area (Å²) in [5.41, 5.74) is 6.43. The summed E-state index contributed by atoms with van der Waals surface area (Å²) in [5, 5.41) is 2.85. The maximum Gasteiger partial charge on any atom is 0.268 e. The predicted molar refractivity (Wildman–Crippen MR) is 73.1 cm³/mol. The number of rotatable bonds is 5. The number of carbonyl (C=O) groups is 1. The molecule has 1 unspecified atom stereocenters. The van der Waals surface area contributed by atoms with Crippen molar-refractivity contribution in [3.8, 4) is 0 Å². The minimum atomic E-state index is -0.0756. The van der Waals surface area contributed by atoms with Crippen LogP contribution >= 0.6 is 15.9 Å². The van der Waals surface area contributed by atoms with Crippen molar-refractivity contribution in [2.45, 2.75) is 39.3 Å². The van der Waals surface area contributed by atoms with E-state index in [0.29, 0.717) is 12.2 Å². The van der Waals surface area contributed by atoms with Gasteiger partial charge in [0.2, 0.25) is 0 Å². The highest BCUT2D eigenvalue weighted by Crippen LogP contribution is 2.19. The molecule has 4 nitrogen and oxygen atoms in total. The Morgan fingerprint density at radius 2 is 2.24 bits per heavy atom. The lowest BCUT2D eigenvalue weighted by atomic mass is 10.2. The Hall–Kier alpha value is -0.810. The highest BCUT2D eigenvalue weighted by atomic mass is 79.9. The van der Waals surface area contributed by atoms with Crippen LogP contribution in [0.2, 0.25) is 0 Å². The summed E-state index contributed by atoms with van der Waals surface area (Å²) in [6, 6.07) is 2.10. The molecule has 0 fully saturated rings. The SMILES string of the molecule is CCC(N)CNC(=O)c1cc(Br)cn1C(C)C. The Morgan fingerprint density at radius 1 is 1.59 bits per heavy atom. The number of aromatic nitrogens is 1. The standard InChI is InChI=1S/C12H20BrN3O/c1-4-10(14)6-15-12(17)11-5-9(13)7-16(11)8(2)3/h5,7-8,10H,4,6,14H2,1-3H3,(H,15,17). The normalized spacial score (nSPS) is 12.8. The number of nitrogens with zero attached hydrogens (tertiary/aromatic N) is 1. The van der Waals surface area contributed by atoms with Gasteiger partial charge in [0.15, 0.2) is 0 Å². The lowest BCUT2D eigenvalue weighted by Gasteiger charge is -2.14. The van der Waals surface area contributed by atoms with Crippen molar-refractivity contribution in [3.63, 3.8) is 0 Å². The van der Waals surface area contributed by atoms with Crippen molar-refractivity contribution in [1.29, 1.82) is 0 Å². The molecule has 0 radical (unpaired) electrons. The van der Waals surface area contributed by atoms with Gasteiger partial charge in [-0.05, 0) is 42.3 Å². The van der Waals surface area contributed by atoms with Gasteiger partial charge in [-0.2, -0.15) is 0 Å². The molecule has 0 aliphatic rings. The van der Waals surface area contributed by atoms with Crippen LogP contribution in [0, 0.1) is 0 Å². The van der Waals surface area contributed by atoms with E-state index in [2.05, 4.69) is 21.2 Å². The van der Waals surface area contributed by atoms with E-state index in [1.807, 2.05) is 37.6 Å². The first-order chi connectivity index (χ1) is 7.95. The molecule has 1 aromatic rings. The fourth-order valence-corrected chi connectivity index (χ4v) is 1.95. The number of nitrogens with two attached hydrogens (primary N) is 1. The third-order valence-corrected chi connectivity index (χ3v) is 3.09. The smallest absolute Gasteiger partial charge is 0.268 e. The van der Waals surface area contributed by atoms with E-state index in [1.54, 1.807) is 0 Å². The number of hydrogen-bond donors (Lipinski definition) is 2. The van der Waals surface area contributed by atoms with Crippen molar-refractivity contribution >= 4 is 21.8 Å². The van der Waals surface area contributed by atoms with Crippen molar-refractivity contribution in [1.82, 2.24) is 9.88 Å². The molecular weight excluding hydrogens is 282 g/mol. The average Bonchev–Trinajstić information content (AvgIpc) is 2.67. The van der Waals surface area contributed by atoms with Gasteiger partial charge >= 0.3 is 0 Å². The zero-order chi connectivity index (χ0) is 13.0. The van der Waals surface area contributed by atoms with Crippen molar-refractivity contribution in [2.75, 3.05) is 6.54 Å². The topological polar surface area (TPSA) is 60.0 Å². The molecular formula is C12H20BrN3O. The van der Waals surface area contributed by atoms with E-state index < -0.39 is 0 Å². The van der Waals surface area contributed by atoms with Gasteiger partial charge < -0.3 is 15.6 Å². The highest BCUT2D eigenvalue weighted by molar-refractivity contribution is 9.10. The molecule has 1 amide bonds. The van der Waals surface area contributed by atoms with Crippen molar-refractivity contribution in [3.05, 3.63) is 22.4 Å². The number of nitrogens with one attached hydrogen (secondary N) is 1. The third kappa shape index (κ3) is 3.85. The van der Waals surface area contributed by atoms with Gasteiger partial charge in [0.05, 0.1) is 0 Å². The summed E-state index contributed by atoms with van der Waals surface area (Å²) >= 11 is 3.39. The molecule has 17 heavy (non-hydrogen) atoms. The first-order valence-corrected chi connectivity index (χ1v) is 6.66. The first-order valence-electron chi connectivity index (χ1n) is 5.86. The second kappa shape index (κ2) is 6.21. The molecule has 96 valence electrons. The summed E-state index contributed by atoms with van der Waals surface area (Å²) in [5.74, 6) is -0.0756. The van der Waals surface area contributed by atoms with Gasteiger partial charge in [-0.3, -0.25) is 4.79 Å². The molecule has 0 aliphatic heterocycles. The number of carbonyl (C=O) groups excluding carboxylic acids is 1. The minimum absolute atomic E-state index is 0.0184. The van der Waals surface area contributed by atoms with Gasteiger partial charge in [-0.1, -0.05) is 6.92 Å². The van der Waals surface area contributed by atoms with Crippen LogP contribution in [-0.4, -0.2) is 23.1 Å². The zero-order valence-electron chi connectivity index (χ0n) is 10.5. The van der Waals surface area contributed by atoms with Crippen LogP contribution in [0.3, 0.4) is 0 Å². The fourth-order valence-electron chi connectivity index (χ4n) is 1.51. The molecule has 1 heterocycles. The molecule has 3 N–H and O–H groups in total. The molecule has 0 saturated heterocycles. The Balaban J connectivity index is 2.74. The second-order valence-corrected chi connectivity index (χ2v) is 5.34. The van der Waals surface area contributed by atoms with Crippen LogP contribution in [0.1, 0.15) is 43.7 Å². The molecule has 0 saturated carbocycles. The zero-order valence-corrected chi connectivity index (χ0v) is 12.1. The summed E-state index contributed by atoms with van der Waals surface area (Å²) in [6.45, 7) is 6.60. The molecule has 1 atom stereocenters. The largest absolute Gasteiger partial charge is 0.349 e. The van der Waals surface area contributed by atoms with Crippen molar-refractivity contribution in [2.24, 2.45) is 5.73 Å². The number of hydrogen-bond acceptors (Lipinski definition) is 2. The van der Waals surface area contributed by atoms with E-state index in [9.17, 15) is 4.79 Å². The summed E-state index contributed by atoms with van der Waals surface area (Å²) in [7, 11) is 0. The lowest BCUT2D eigenvalue weighted by molar-refractivity contribution is 0.0940. The van der Waals surface area contributed by atoms with Crippen LogP contribution < -0.4 is 11.1 Å². The van der Waals surface area contributed by atoms with E-state index >= 15 is 0 Å². The van der Waals surface area contributed by atoms with Gasteiger partial charge in [0.1, 0.15) is 5.69 Å². The predicted octanol–water partition coefficient (Wildman–Crippen LogP) is 2.30. The second-order valence-electron chi connectivity index (χ2n) is 4.42. The quantitative estimate of drug-likeness (QED) is 0.877. The number of halogens is 1. The molecule has 1 rings (SSSR count). The summed E-state index contributed by atoms with van der Waals surface area (Å²) in [6.07, 6.45) is 2.77. The monoisotopic (exact) mass is 301 g/mol. The van der Waals surface area contributed by atoms with Gasteiger partial charge in [-0.25, -0.2) is 0 Å². The molecule has 0 bridgehead atoms. The molecule has 5 heteroatoms. The summed E-state index contributed by atoms with van der Waals surface area (Å²) in [4.78, 5) is 12.0.